The van der Waals surface area contributed by atoms with E-state index in [9.17, 15) is 9.90 Å². The van der Waals surface area contributed by atoms with Gasteiger partial charge in [-0.3, -0.25) is 4.79 Å². The number of fused-ring (bicyclic) bond motifs is 1. The van der Waals surface area contributed by atoms with Gasteiger partial charge >= 0.3 is 5.97 Å². The van der Waals surface area contributed by atoms with Gasteiger partial charge in [0.1, 0.15) is 5.75 Å². The number of aliphatic carboxylic acids is 1. The molecular formula is C13H16O3. The van der Waals surface area contributed by atoms with E-state index in [2.05, 4.69) is 6.92 Å². The Kier molecular flexibility index (Phi) is 2.41. The maximum absolute atomic E-state index is 11.2. The molecule has 1 aromatic rings. The molecule has 0 radical (unpaired) electrons. The summed E-state index contributed by atoms with van der Waals surface area (Å²) in [6.45, 7) is 6.14. The molecule has 0 aliphatic carbocycles. The molecule has 0 saturated heterocycles. The van der Waals surface area contributed by atoms with E-state index in [0.717, 1.165) is 16.9 Å². The Morgan fingerprint density at radius 1 is 1.50 bits per heavy atom. The first-order valence-corrected chi connectivity index (χ1v) is 5.44. The summed E-state index contributed by atoms with van der Waals surface area (Å²) in [5, 5.41) is 9.24. The Labute approximate surface area is 95.0 Å². The Morgan fingerprint density at radius 2 is 2.19 bits per heavy atom. The van der Waals surface area contributed by atoms with Crippen molar-refractivity contribution in [2.24, 2.45) is 0 Å². The van der Waals surface area contributed by atoms with E-state index in [0.29, 0.717) is 12.5 Å². The lowest BCUT2D eigenvalue weighted by molar-refractivity contribution is -0.142. The summed E-state index contributed by atoms with van der Waals surface area (Å²) in [6.07, 6.45) is 0. The molecule has 0 saturated carbocycles. The van der Waals surface area contributed by atoms with Crippen LogP contribution in [0.1, 0.15) is 37.8 Å². The number of ether oxygens (including phenoxy) is 1. The molecule has 0 bridgehead atoms. The molecule has 0 aromatic heterocycles. The van der Waals surface area contributed by atoms with Crippen molar-refractivity contribution in [3.8, 4) is 5.75 Å². The second-order valence-electron chi connectivity index (χ2n) is 4.87. The third-order valence-corrected chi connectivity index (χ3v) is 3.26. The van der Waals surface area contributed by atoms with Crippen molar-refractivity contribution in [3.05, 3.63) is 29.3 Å². The van der Waals surface area contributed by atoms with Crippen LogP contribution in [0.3, 0.4) is 0 Å². The normalized spacial score (nSPS) is 19.1. The van der Waals surface area contributed by atoms with Gasteiger partial charge in [0.25, 0.3) is 0 Å². The molecule has 1 aliphatic rings. The highest BCUT2D eigenvalue weighted by atomic mass is 16.5. The van der Waals surface area contributed by atoms with Gasteiger partial charge in [-0.1, -0.05) is 25.1 Å². The molecule has 3 nitrogen and oxygen atoms in total. The molecule has 1 aromatic carbocycles. The summed E-state index contributed by atoms with van der Waals surface area (Å²) < 4.78 is 5.62. The molecule has 1 unspecified atom stereocenters. The van der Waals surface area contributed by atoms with E-state index in [1.54, 1.807) is 13.8 Å². The number of hydrogen-bond donors (Lipinski definition) is 1. The molecular weight excluding hydrogens is 204 g/mol. The Hall–Kier alpha value is -1.51. The third kappa shape index (κ3) is 1.47. The minimum absolute atomic E-state index is 0.347. The van der Waals surface area contributed by atoms with Crippen LogP contribution < -0.4 is 4.74 Å². The van der Waals surface area contributed by atoms with Crippen LogP contribution >= 0.6 is 0 Å². The van der Waals surface area contributed by atoms with Crippen LogP contribution in [0.15, 0.2) is 18.2 Å². The molecule has 1 N–H and O–H groups in total. The summed E-state index contributed by atoms with van der Waals surface area (Å²) in [4.78, 5) is 11.2. The summed E-state index contributed by atoms with van der Waals surface area (Å²) >= 11 is 0. The van der Waals surface area contributed by atoms with Crippen LogP contribution in [0.2, 0.25) is 0 Å². The van der Waals surface area contributed by atoms with Crippen molar-refractivity contribution in [2.45, 2.75) is 32.1 Å². The van der Waals surface area contributed by atoms with Crippen molar-refractivity contribution in [3.63, 3.8) is 0 Å². The highest BCUT2D eigenvalue weighted by molar-refractivity contribution is 5.81. The number of para-hydroxylation sites is 1. The molecule has 16 heavy (non-hydrogen) atoms. The standard InChI is InChI=1S/C13H16O3/c1-8-7-16-11-9(8)5-4-6-10(11)13(2,3)12(14)15/h4-6,8H,7H2,1-3H3,(H,14,15). The average molecular weight is 220 g/mol. The lowest BCUT2D eigenvalue weighted by Gasteiger charge is -2.22. The topological polar surface area (TPSA) is 46.5 Å². The van der Waals surface area contributed by atoms with Crippen molar-refractivity contribution in [1.29, 1.82) is 0 Å². The number of carbonyl (C=O) groups is 1. The fraction of sp³-hybridized carbons (Fsp3) is 0.462. The van der Waals surface area contributed by atoms with Gasteiger partial charge in [0.05, 0.1) is 12.0 Å². The lowest BCUT2D eigenvalue weighted by atomic mass is 9.82. The smallest absolute Gasteiger partial charge is 0.313 e. The van der Waals surface area contributed by atoms with E-state index >= 15 is 0 Å². The molecule has 3 heteroatoms. The zero-order valence-corrected chi connectivity index (χ0v) is 9.78. The monoisotopic (exact) mass is 220 g/mol. The zero-order valence-electron chi connectivity index (χ0n) is 9.78. The fourth-order valence-corrected chi connectivity index (χ4v) is 2.01. The summed E-state index contributed by atoms with van der Waals surface area (Å²) in [7, 11) is 0. The molecule has 0 amide bonds. The largest absolute Gasteiger partial charge is 0.492 e. The number of rotatable bonds is 2. The van der Waals surface area contributed by atoms with Crippen molar-refractivity contribution in [1.82, 2.24) is 0 Å². The fourth-order valence-electron chi connectivity index (χ4n) is 2.01. The molecule has 86 valence electrons. The Bertz CT molecular complexity index is 435. The molecule has 2 rings (SSSR count). The van der Waals surface area contributed by atoms with Crippen molar-refractivity contribution >= 4 is 5.97 Å². The Morgan fingerprint density at radius 3 is 2.81 bits per heavy atom. The van der Waals surface area contributed by atoms with E-state index in [1.165, 1.54) is 0 Å². The quantitative estimate of drug-likeness (QED) is 0.833. The van der Waals surface area contributed by atoms with Crippen LogP contribution in [-0.2, 0) is 10.2 Å². The predicted octanol–water partition coefficient (Wildman–Crippen LogP) is 2.54. The van der Waals surface area contributed by atoms with Crippen LogP contribution in [0.5, 0.6) is 5.75 Å². The van der Waals surface area contributed by atoms with Crippen LogP contribution in [0, 0.1) is 0 Å². The zero-order chi connectivity index (χ0) is 11.9. The van der Waals surface area contributed by atoms with Gasteiger partial charge in [0.2, 0.25) is 0 Å². The van der Waals surface area contributed by atoms with E-state index in [1.807, 2.05) is 18.2 Å². The van der Waals surface area contributed by atoms with E-state index in [4.69, 9.17) is 4.74 Å². The van der Waals surface area contributed by atoms with Crippen molar-refractivity contribution < 1.29 is 14.6 Å². The van der Waals surface area contributed by atoms with Crippen LogP contribution in [0.25, 0.3) is 0 Å². The van der Waals surface area contributed by atoms with Gasteiger partial charge in [-0.25, -0.2) is 0 Å². The van der Waals surface area contributed by atoms with Gasteiger partial charge < -0.3 is 9.84 Å². The Balaban J connectivity index is 2.56. The number of carboxylic acids is 1. The van der Waals surface area contributed by atoms with Gasteiger partial charge in [-0.15, -0.1) is 0 Å². The summed E-state index contributed by atoms with van der Waals surface area (Å²) in [5.41, 5.74) is 0.976. The average Bonchev–Trinajstić information content (AvgIpc) is 2.60. The first kappa shape index (κ1) is 11.0. The number of benzene rings is 1. The maximum atomic E-state index is 11.2. The minimum Gasteiger partial charge on any atom is -0.492 e. The van der Waals surface area contributed by atoms with Gasteiger partial charge in [-0.05, 0) is 13.8 Å². The van der Waals surface area contributed by atoms with Crippen LogP contribution in [0.4, 0.5) is 0 Å². The summed E-state index contributed by atoms with van der Waals surface area (Å²) in [5.74, 6) is 0.283. The van der Waals surface area contributed by atoms with Gasteiger partial charge in [-0.2, -0.15) is 0 Å². The van der Waals surface area contributed by atoms with Crippen LogP contribution in [-0.4, -0.2) is 17.7 Å². The minimum atomic E-state index is -0.907. The molecule has 1 heterocycles. The molecule has 1 atom stereocenters. The second kappa shape index (κ2) is 3.51. The SMILES string of the molecule is CC1COc2c1cccc2C(C)(C)C(=O)O. The van der Waals surface area contributed by atoms with E-state index < -0.39 is 11.4 Å². The molecule has 0 spiro atoms. The van der Waals surface area contributed by atoms with Gasteiger partial charge in [0.15, 0.2) is 0 Å². The number of hydrogen-bond acceptors (Lipinski definition) is 2. The number of carboxylic acid groups (broad SMARTS) is 1. The molecule has 1 aliphatic heterocycles. The first-order valence-electron chi connectivity index (χ1n) is 5.44. The first-order chi connectivity index (χ1) is 7.44. The maximum Gasteiger partial charge on any atom is 0.313 e. The highest BCUT2D eigenvalue weighted by Gasteiger charge is 2.35. The molecule has 0 fully saturated rings. The van der Waals surface area contributed by atoms with Crippen molar-refractivity contribution in [2.75, 3.05) is 6.61 Å². The summed E-state index contributed by atoms with van der Waals surface area (Å²) in [6, 6.07) is 5.75. The predicted molar refractivity (Wildman–Crippen MR) is 61.0 cm³/mol. The highest BCUT2D eigenvalue weighted by Crippen LogP contribution is 2.41. The lowest BCUT2D eigenvalue weighted by Crippen LogP contribution is -2.28. The third-order valence-electron chi connectivity index (χ3n) is 3.26. The van der Waals surface area contributed by atoms with Gasteiger partial charge in [0, 0.05) is 17.0 Å². The van der Waals surface area contributed by atoms with E-state index in [-0.39, 0.29) is 0 Å². The second-order valence-corrected chi connectivity index (χ2v) is 4.87.